The minimum Gasteiger partial charge on any atom is -0.354 e. The van der Waals surface area contributed by atoms with Crippen LogP contribution in [0.5, 0.6) is 0 Å². The van der Waals surface area contributed by atoms with E-state index < -0.39 is 6.04 Å². The first-order valence-electron chi connectivity index (χ1n) is 7.26. The first kappa shape index (κ1) is 14.8. The van der Waals surface area contributed by atoms with E-state index in [1.807, 2.05) is 24.4 Å². The summed E-state index contributed by atoms with van der Waals surface area (Å²) < 4.78 is 1.98. The Balaban J connectivity index is 1.73. The van der Waals surface area contributed by atoms with Gasteiger partial charge in [0.05, 0.1) is 11.4 Å². The topological polar surface area (TPSA) is 75.5 Å². The Hall–Kier alpha value is -2.15. The molecule has 116 valence electrons. The second-order valence-electron chi connectivity index (χ2n) is 5.40. The SMILES string of the molecule is Cc1cn2c(/C=C/C(=O)NC3CCCNC3=O)c(C)nc2s1. The third-order valence-electron chi connectivity index (χ3n) is 3.66. The molecule has 2 aromatic rings. The fraction of sp³-hybridized carbons (Fsp3) is 0.400. The lowest BCUT2D eigenvalue weighted by Crippen LogP contribution is -2.49. The number of nitrogens with zero attached hydrogens (tertiary/aromatic N) is 2. The lowest BCUT2D eigenvalue weighted by Gasteiger charge is -2.22. The van der Waals surface area contributed by atoms with Crippen molar-refractivity contribution in [1.29, 1.82) is 0 Å². The van der Waals surface area contributed by atoms with Gasteiger partial charge < -0.3 is 10.6 Å². The first-order chi connectivity index (χ1) is 10.5. The molecule has 1 aliphatic heterocycles. The van der Waals surface area contributed by atoms with E-state index in [0.29, 0.717) is 13.0 Å². The fourth-order valence-electron chi connectivity index (χ4n) is 2.57. The van der Waals surface area contributed by atoms with Crippen molar-refractivity contribution >= 4 is 34.2 Å². The largest absolute Gasteiger partial charge is 0.354 e. The molecule has 0 aromatic carbocycles. The van der Waals surface area contributed by atoms with Crippen molar-refractivity contribution in [2.75, 3.05) is 6.54 Å². The fourth-order valence-corrected chi connectivity index (χ4v) is 3.44. The van der Waals surface area contributed by atoms with Crippen molar-refractivity contribution in [1.82, 2.24) is 20.0 Å². The zero-order valence-corrected chi connectivity index (χ0v) is 13.4. The van der Waals surface area contributed by atoms with E-state index >= 15 is 0 Å². The summed E-state index contributed by atoms with van der Waals surface area (Å²) in [5.41, 5.74) is 1.77. The van der Waals surface area contributed by atoms with E-state index in [2.05, 4.69) is 15.6 Å². The molecule has 0 radical (unpaired) electrons. The number of imidazole rings is 1. The molecular weight excluding hydrogens is 300 g/mol. The number of aryl methyl sites for hydroxylation is 2. The second kappa shape index (κ2) is 5.92. The maximum atomic E-state index is 12.0. The predicted molar refractivity (Wildman–Crippen MR) is 85.8 cm³/mol. The van der Waals surface area contributed by atoms with Crippen molar-refractivity contribution in [3.05, 3.63) is 28.5 Å². The Bertz CT molecular complexity index is 759. The van der Waals surface area contributed by atoms with Gasteiger partial charge in [0.25, 0.3) is 0 Å². The molecule has 3 rings (SSSR count). The Morgan fingerprint density at radius 3 is 3.14 bits per heavy atom. The molecule has 1 saturated heterocycles. The average molecular weight is 318 g/mol. The third kappa shape index (κ3) is 2.89. The molecule has 0 spiro atoms. The average Bonchev–Trinajstić information content (AvgIpc) is 2.94. The molecule has 22 heavy (non-hydrogen) atoms. The highest BCUT2D eigenvalue weighted by molar-refractivity contribution is 7.17. The lowest BCUT2D eigenvalue weighted by molar-refractivity contribution is -0.128. The van der Waals surface area contributed by atoms with E-state index in [1.54, 1.807) is 17.4 Å². The number of carbonyl (C=O) groups is 2. The van der Waals surface area contributed by atoms with Crippen LogP contribution in [0.4, 0.5) is 0 Å². The summed E-state index contributed by atoms with van der Waals surface area (Å²) in [6, 6.07) is -0.430. The smallest absolute Gasteiger partial charge is 0.244 e. The quantitative estimate of drug-likeness (QED) is 0.841. The number of hydrogen-bond acceptors (Lipinski definition) is 4. The van der Waals surface area contributed by atoms with Gasteiger partial charge in [-0.25, -0.2) is 4.98 Å². The molecule has 6 nitrogen and oxygen atoms in total. The van der Waals surface area contributed by atoms with Crippen LogP contribution in [0.25, 0.3) is 11.0 Å². The Morgan fingerprint density at radius 2 is 2.36 bits per heavy atom. The van der Waals surface area contributed by atoms with Gasteiger partial charge in [0.15, 0.2) is 4.96 Å². The molecule has 3 heterocycles. The van der Waals surface area contributed by atoms with Crippen molar-refractivity contribution in [2.24, 2.45) is 0 Å². The van der Waals surface area contributed by atoms with Gasteiger partial charge in [-0.2, -0.15) is 0 Å². The third-order valence-corrected chi connectivity index (χ3v) is 4.56. The van der Waals surface area contributed by atoms with Gasteiger partial charge in [-0.3, -0.25) is 14.0 Å². The minimum absolute atomic E-state index is 0.107. The number of amides is 2. The van der Waals surface area contributed by atoms with Gasteiger partial charge in [0.2, 0.25) is 11.8 Å². The summed E-state index contributed by atoms with van der Waals surface area (Å²) in [5, 5.41) is 5.49. The molecule has 0 bridgehead atoms. The van der Waals surface area contributed by atoms with Crippen LogP contribution >= 0.6 is 11.3 Å². The Labute approximate surface area is 132 Å². The van der Waals surface area contributed by atoms with Crippen molar-refractivity contribution in [3.63, 3.8) is 0 Å². The summed E-state index contributed by atoms with van der Waals surface area (Å²) in [5.74, 6) is -0.368. The number of aromatic nitrogens is 2. The number of rotatable bonds is 3. The molecule has 0 saturated carbocycles. The molecule has 1 fully saturated rings. The normalized spacial score (nSPS) is 18.8. The number of carbonyl (C=O) groups excluding carboxylic acids is 2. The van der Waals surface area contributed by atoms with Crippen LogP contribution in [-0.2, 0) is 9.59 Å². The number of nitrogens with one attached hydrogen (secondary N) is 2. The van der Waals surface area contributed by atoms with E-state index in [1.165, 1.54) is 11.0 Å². The summed E-state index contributed by atoms with van der Waals surface area (Å²) in [6.07, 6.45) is 6.79. The van der Waals surface area contributed by atoms with Crippen LogP contribution < -0.4 is 10.6 Å². The van der Waals surface area contributed by atoms with Gasteiger partial charge in [-0.1, -0.05) is 0 Å². The van der Waals surface area contributed by atoms with Crippen LogP contribution in [0, 0.1) is 13.8 Å². The van der Waals surface area contributed by atoms with Gasteiger partial charge >= 0.3 is 0 Å². The van der Waals surface area contributed by atoms with Crippen molar-refractivity contribution < 1.29 is 9.59 Å². The van der Waals surface area contributed by atoms with E-state index in [9.17, 15) is 9.59 Å². The Kier molecular flexibility index (Phi) is 3.98. The molecular formula is C15H18N4O2S. The minimum atomic E-state index is -0.430. The summed E-state index contributed by atoms with van der Waals surface area (Å²) in [4.78, 5) is 30.2. The number of piperidine rings is 1. The van der Waals surface area contributed by atoms with E-state index in [4.69, 9.17) is 0 Å². The van der Waals surface area contributed by atoms with Crippen LogP contribution in [-0.4, -0.2) is 33.8 Å². The van der Waals surface area contributed by atoms with Crippen LogP contribution in [0.2, 0.25) is 0 Å². The van der Waals surface area contributed by atoms with Gasteiger partial charge in [0.1, 0.15) is 6.04 Å². The molecule has 1 aliphatic rings. The molecule has 0 aliphatic carbocycles. The molecule has 1 atom stereocenters. The molecule has 1 unspecified atom stereocenters. The predicted octanol–water partition coefficient (Wildman–Crippen LogP) is 1.42. The van der Waals surface area contributed by atoms with Gasteiger partial charge in [-0.05, 0) is 32.8 Å². The van der Waals surface area contributed by atoms with Crippen LogP contribution in [0.15, 0.2) is 12.3 Å². The molecule has 7 heteroatoms. The molecule has 2 N–H and O–H groups in total. The highest BCUT2D eigenvalue weighted by Crippen LogP contribution is 2.21. The van der Waals surface area contributed by atoms with Crippen LogP contribution in [0.1, 0.15) is 29.1 Å². The second-order valence-corrected chi connectivity index (χ2v) is 6.62. The maximum Gasteiger partial charge on any atom is 0.244 e. The zero-order valence-electron chi connectivity index (χ0n) is 12.5. The van der Waals surface area contributed by atoms with Crippen molar-refractivity contribution in [3.8, 4) is 0 Å². The summed E-state index contributed by atoms with van der Waals surface area (Å²) >= 11 is 1.61. The molecule has 2 amide bonds. The number of thiazole rings is 1. The highest BCUT2D eigenvalue weighted by atomic mass is 32.1. The summed E-state index contributed by atoms with van der Waals surface area (Å²) in [6.45, 7) is 4.63. The Morgan fingerprint density at radius 1 is 1.55 bits per heavy atom. The first-order valence-corrected chi connectivity index (χ1v) is 8.07. The number of fused-ring (bicyclic) bond motifs is 1. The zero-order chi connectivity index (χ0) is 15.7. The summed E-state index contributed by atoms with van der Waals surface area (Å²) in [7, 11) is 0. The maximum absolute atomic E-state index is 12.0. The van der Waals surface area contributed by atoms with E-state index in [0.717, 1.165) is 22.8 Å². The van der Waals surface area contributed by atoms with Crippen LogP contribution in [0.3, 0.4) is 0 Å². The number of hydrogen-bond donors (Lipinski definition) is 2. The molecule has 2 aromatic heterocycles. The van der Waals surface area contributed by atoms with Gasteiger partial charge in [0, 0.05) is 23.7 Å². The monoisotopic (exact) mass is 318 g/mol. The van der Waals surface area contributed by atoms with Crippen molar-refractivity contribution in [2.45, 2.75) is 32.7 Å². The standard InChI is InChI=1S/C15H18N4O2S/c1-9-8-19-12(10(2)17-15(19)22-9)5-6-13(20)18-11-4-3-7-16-14(11)21/h5-6,8,11H,3-4,7H2,1-2H3,(H,16,21)(H,18,20)/b6-5+. The highest BCUT2D eigenvalue weighted by Gasteiger charge is 2.22. The lowest BCUT2D eigenvalue weighted by atomic mass is 10.1. The van der Waals surface area contributed by atoms with E-state index in [-0.39, 0.29) is 11.8 Å². The van der Waals surface area contributed by atoms with Gasteiger partial charge in [-0.15, -0.1) is 11.3 Å².